The molecule has 0 spiro atoms. The number of rotatable bonds is 7. The van der Waals surface area contributed by atoms with Gasteiger partial charge in [0.15, 0.2) is 0 Å². The number of nitrogens with zero attached hydrogens (tertiary/aromatic N) is 1. The topological polar surface area (TPSA) is 62.6 Å². The maximum atomic E-state index is 13.0. The van der Waals surface area contributed by atoms with E-state index >= 15 is 0 Å². The van der Waals surface area contributed by atoms with Crippen molar-refractivity contribution in [1.82, 2.24) is 10.2 Å². The average molecular weight is 409 g/mol. The highest BCUT2D eigenvalue weighted by Crippen LogP contribution is 2.28. The Balaban J connectivity index is 1.47. The van der Waals surface area contributed by atoms with Gasteiger partial charge in [-0.3, -0.25) is 9.59 Å². The zero-order valence-electron chi connectivity index (χ0n) is 16.3. The van der Waals surface area contributed by atoms with Gasteiger partial charge < -0.3 is 14.6 Å². The lowest BCUT2D eigenvalue weighted by Crippen LogP contribution is -2.35. The highest BCUT2D eigenvalue weighted by Gasteiger charge is 2.35. The summed E-state index contributed by atoms with van der Waals surface area (Å²) >= 11 is 1.62. The molecule has 6 heteroatoms. The zero-order valence-corrected chi connectivity index (χ0v) is 17.2. The normalized spacial score (nSPS) is 17.5. The van der Waals surface area contributed by atoms with Gasteiger partial charge in [-0.1, -0.05) is 37.3 Å². The van der Waals surface area contributed by atoms with Gasteiger partial charge in [0, 0.05) is 17.8 Å². The van der Waals surface area contributed by atoms with Crippen molar-refractivity contribution in [2.24, 2.45) is 5.92 Å². The van der Waals surface area contributed by atoms with Crippen molar-refractivity contribution in [2.75, 3.05) is 6.54 Å². The first kappa shape index (κ1) is 19.5. The second kappa shape index (κ2) is 8.66. The number of carbonyl (C=O) groups excluding carboxylic acids is 2. The number of furan rings is 1. The van der Waals surface area contributed by atoms with Crippen LogP contribution >= 0.6 is 11.3 Å². The Morgan fingerprint density at radius 1 is 1.24 bits per heavy atom. The number of benzene rings is 1. The molecule has 3 heterocycles. The summed E-state index contributed by atoms with van der Waals surface area (Å²) in [5, 5.41) is 5.20. The van der Waals surface area contributed by atoms with Gasteiger partial charge in [0.05, 0.1) is 24.8 Å². The lowest BCUT2D eigenvalue weighted by atomic mass is 10.0. The molecule has 1 N–H and O–H groups in total. The minimum Gasteiger partial charge on any atom is -0.467 e. The molecule has 2 unspecified atom stereocenters. The predicted octanol–water partition coefficient (Wildman–Crippen LogP) is 4.16. The number of nitrogens with one attached hydrogen (secondary N) is 1. The highest BCUT2D eigenvalue weighted by atomic mass is 32.1. The summed E-state index contributed by atoms with van der Waals surface area (Å²) in [5.41, 5.74) is 2.31. The van der Waals surface area contributed by atoms with E-state index in [0.717, 1.165) is 22.6 Å². The van der Waals surface area contributed by atoms with E-state index in [0.29, 0.717) is 13.1 Å². The number of likely N-dealkylation sites (tertiary alicyclic amines) is 1. The van der Waals surface area contributed by atoms with Crippen molar-refractivity contribution in [3.8, 4) is 0 Å². The molecule has 2 amide bonds. The van der Waals surface area contributed by atoms with E-state index in [9.17, 15) is 9.59 Å². The van der Waals surface area contributed by atoms with Gasteiger partial charge in [0.1, 0.15) is 5.76 Å². The van der Waals surface area contributed by atoms with E-state index in [1.807, 2.05) is 23.6 Å². The summed E-state index contributed by atoms with van der Waals surface area (Å²) in [5.74, 6) is 0.279. The second-order valence-electron chi connectivity index (χ2n) is 7.31. The lowest BCUT2D eigenvalue weighted by Gasteiger charge is -2.21. The maximum Gasteiger partial charge on any atom is 0.226 e. The van der Waals surface area contributed by atoms with Crippen LogP contribution in [0.4, 0.5) is 0 Å². The number of thiophene rings is 1. The van der Waals surface area contributed by atoms with Crippen LogP contribution < -0.4 is 5.32 Å². The molecular weight excluding hydrogens is 384 g/mol. The summed E-state index contributed by atoms with van der Waals surface area (Å²) in [4.78, 5) is 28.2. The van der Waals surface area contributed by atoms with Crippen molar-refractivity contribution in [1.29, 1.82) is 0 Å². The molecule has 0 radical (unpaired) electrons. The Kier molecular flexibility index (Phi) is 5.81. The summed E-state index contributed by atoms with van der Waals surface area (Å²) in [7, 11) is 0. The summed E-state index contributed by atoms with van der Waals surface area (Å²) in [6, 6.07) is 15.8. The third kappa shape index (κ3) is 4.43. The lowest BCUT2D eigenvalue weighted by molar-refractivity contribution is -0.129. The molecule has 1 saturated heterocycles. The molecule has 1 aliphatic heterocycles. The van der Waals surface area contributed by atoms with Gasteiger partial charge in [-0.2, -0.15) is 0 Å². The van der Waals surface area contributed by atoms with Gasteiger partial charge in [-0.05, 0) is 41.1 Å². The molecule has 0 bridgehead atoms. The Bertz CT molecular complexity index is 949. The van der Waals surface area contributed by atoms with Gasteiger partial charge >= 0.3 is 0 Å². The minimum absolute atomic E-state index is 0.0125. The van der Waals surface area contributed by atoms with Crippen molar-refractivity contribution < 1.29 is 14.0 Å². The molecule has 5 nitrogen and oxygen atoms in total. The molecule has 29 heavy (non-hydrogen) atoms. The van der Waals surface area contributed by atoms with E-state index in [1.165, 1.54) is 5.56 Å². The number of hydrogen-bond acceptors (Lipinski definition) is 4. The quantitative estimate of drug-likeness (QED) is 0.639. The fourth-order valence-electron chi connectivity index (χ4n) is 3.67. The van der Waals surface area contributed by atoms with Crippen molar-refractivity contribution in [2.45, 2.75) is 32.4 Å². The smallest absolute Gasteiger partial charge is 0.226 e. The molecule has 1 fully saturated rings. The molecule has 1 aromatic carbocycles. The Morgan fingerprint density at radius 3 is 2.72 bits per heavy atom. The van der Waals surface area contributed by atoms with Crippen LogP contribution in [0, 0.1) is 5.92 Å². The predicted molar refractivity (Wildman–Crippen MR) is 112 cm³/mol. The summed E-state index contributed by atoms with van der Waals surface area (Å²) in [6.45, 7) is 2.94. The fourth-order valence-corrected chi connectivity index (χ4v) is 4.47. The first-order valence-electron chi connectivity index (χ1n) is 9.86. The fraction of sp³-hybridized carbons (Fsp3) is 0.304. The van der Waals surface area contributed by atoms with Crippen LogP contribution in [0.25, 0.3) is 0 Å². The molecule has 1 aliphatic rings. The van der Waals surface area contributed by atoms with E-state index in [1.54, 1.807) is 28.6 Å². The van der Waals surface area contributed by atoms with Gasteiger partial charge in [0.25, 0.3) is 0 Å². The average Bonchev–Trinajstić information content (AvgIpc) is 3.50. The van der Waals surface area contributed by atoms with Crippen LogP contribution in [-0.4, -0.2) is 23.3 Å². The van der Waals surface area contributed by atoms with E-state index in [2.05, 4.69) is 36.5 Å². The van der Waals surface area contributed by atoms with E-state index in [-0.39, 0.29) is 30.2 Å². The molecule has 0 aliphatic carbocycles. The Labute approximate surface area is 174 Å². The zero-order chi connectivity index (χ0) is 20.2. The third-order valence-electron chi connectivity index (χ3n) is 5.35. The first-order valence-corrected chi connectivity index (χ1v) is 10.7. The molecule has 3 aromatic rings. The molecular formula is C23H24N2O3S. The second-order valence-corrected chi connectivity index (χ2v) is 8.29. The van der Waals surface area contributed by atoms with Crippen LogP contribution in [-0.2, 0) is 22.6 Å². The van der Waals surface area contributed by atoms with Gasteiger partial charge in [0.2, 0.25) is 11.8 Å². The highest BCUT2D eigenvalue weighted by molar-refractivity contribution is 7.10. The Morgan fingerprint density at radius 2 is 2.07 bits per heavy atom. The SMILES string of the molecule is CCc1ccc(C(NC(=O)C2CC(=O)N(Cc3ccco3)C2)c2cccs2)cc1. The number of hydrogen-bond donors (Lipinski definition) is 1. The first-order chi connectivity index (χ1) is 14.1. The molecule has 2 atom stereocenters. The van der Waals surface area contributed by atoms with Gasteiger partial charge in [-0.25, -0.2) is 0 Å². The van der Waals surface area contributed by atoms with Crippen LogP contribution in [0.3, 0.4) is 0 Å². The number of carbonyl (C=O) groups is 2. The number of amides is 2. The molecule has 2 aromatic heterocycles. The summed E-state index contributed by atoms with van der Waals surface area (Å²) < 4.78 is 5.34. The minimum atomic E-state index is -0.352. The van der Waals surface area contributed by atoms with E-state index < -0.39 is 0 Å². The largest absolute Gasteiger partial charge is 0.467 e. The standard InChI is InChI=1S/C23H24N2O3S/c1-2-16-7-9-17(10-8-16)22(20-6-4-12-29-20)24-23(27)18-13-21(26)25(14-18)15-19-5-3-11-28-19/h3-12,18,22H,2,13-15H2,1H3,(H,24,27). The van der Waals surface area contributed by atoms with Crippen LogP contribution in [0.5, 0.6) is 0 Å². The van der Waals surface area contributed by atoms with Crippen molar-refractivity contribution in [3.63, 3.8) is 0 Å². The van der Waals surface area contributed by atoms with Crippen molar-refractivity contribution in [3.05, 3.63) is 81.9 Å². The monoisotopic (exact) mass is 408 g/mol. The van der Waals surface area contributed by atoms with Crippen LogP contribution in [0.2, 0.25) is 0 Å². The molecule has 4 rings (SSSR count). The third-order valence-corrected chi connectivity index (χ3v) is 6.28. The molecule has 0 saturated carbocycles. The maximum absolute atomic E-state index is 13.0. The number of aryl methyl sites for hydroxylation is 1. The van der Waals surface area contributed by atoms with E-state index in [4.69, 9.17) is 4.42 Å². The Hall–Kier alpha value is -2.86. The van der Waals surface area contributed by atoms with Crippen LogP contribution in [0.1, 0.15) is 41.2 Å². The van der Waals surface area contributed by atoms with Crippen LogP contribution in [0.15, 0.2) is 64.6 Å². The van der Waals surface area contributed by atoms with Crippen molar-refractivity contribution >= 4 is 23.2 Å². The van der Waals surface area contributed by atoms with Gasteiger partial charge in [-0.15, -0.1) is 11.3 Å². The summed E-state index contributed by atoms with van der Waals surface area (Å²) in [6.07, 6.45) is 2.81. The molecule has 150 valence electrons.